The van der Waals surface area contributed by atoms with E-state index in [2.05, 4.69) is 29.2 Å². The smallest absolute Gasteiger partial charge is 0.335 e. The minimum Gasteiger partial charge on any atom is -0.493 e. The van der Waals surface area contributed by atoms with Crippen LogP contribution in [0, 0.1) is 0 Å². The van der Waals surface area contributed by atoms with Gasteiger partial charge in [-0.1, -0.05) is 60.2 Å². The van der Waals surface area contributed by atoms with Crippen molar-refractivity contribution in [1.82, 2.24) is 4.90 Å². The van der Waals surface area contributed by atoms with Gasteiger partial charge in [0.15, 0.2) is 0 Å². The lowest BCUT2D eigenvalue weighted by atomic mass is 10.1. The summed E-state index contributed by atoms with van der Waals surface area (Å²) in [6.45, 7) is 3.82. The number of carboxylic acid groups (broad SMARTS) is 1. The van der Waals surface area contributed by atoms with Gasteiger partial charge < -0.3 is 9.84 Å². The van der Waals surface area contributed by atoms with Crippen LogP contribution in [0.3, 0.4) is 0 Å². The third-order valence-electron chi connectivity index (χ3n) is 5.58. The van der Waals surface area contributed by atoms with Crippen LogP contribution in [0.1, 0.15) is 35.2 Å². The van der Waals surface area contributed by atoms with Gasteiger partial charge in [-0.25, -0.2) is 4.79 Å². The van der Waals surface area contributed by atoms with Crippen molar-refractivity contribution in [3.63, 3.8) is 0 Å². The molecule has 1 fully saturated rings. The van der Waals surface area contributed by atoms with Crippen LogP contribution in [0.25, 0.3) is 16.8 Å². The molecule has 1 aliphatic rings. The largest absolute Gasteiger partial charge is 0.493 e. The van der Waals surface area contributed by atoms with Crippen LogP contribution in [-0.4, -0.2) is 42.2 Å². The molecular weight excluding hydrogens is 374 g/mol. The van der Waals surface area contributed by atoms with Gasteiger partial charge in [0.05, 0.1) is 12.2 Å². The molecule has 1 saturated heterocycles. The van der Waals surface area contributed by atoms with Crippen molar-refractivity contribution in [3.05, 3.63) is 83.4 Å². The minimum absolute atomic E-state index is 0.313. The summed E-state index contributed by atoms with van der Waals surface area (Å²) in [5.41, 5.74) is 2.65. The first-order valence-electron chi connectivity index (χ1n) is 10.5. The highest BCUT2D eigenvalue weighted by Crippen LogP contribution is 2.26. The molecule has 1 heterocycles. The van der Waals surface area contributed by atoms with Crippen LogP contribution in [0.2, 0.25) is 0 Å². The van der Waals surface area contributed by atoms with Gasteiger partial charge in [-0.3, -0.25) is 4.90 Å². The normalized spacial score (nSPS) is 14.9. The molecule has 30 heavy (non-hydrogen) atoms. The number of hydrogen-bond acceptors (Lipinski definition) is 3. The number of likely N-dealkylation sites (tertiary alicyclic amines) is 1. The highest BCUT2D eigenvalue weighted by molar-refractivity contribution is 5.88. The molecule has 0 amide bonds. The molecule has 1 aliphatic heterocycles. The van der Waals surface area contributed by atoms with Gasteiger partial charge in [0.1, 0.15) is 5.75 Å². The Hall–Kier alpha value is -3.11. The molecule has 0 spiro atoms. The number of ether oxygens (including phenoxy) is 1. The molecule has 0 aliphatic carbocycles. The van der Waals surface area contributed by atoms with Gasteiger partial charge in [-0.05, 0) is 55.1 Å². The molecule has 4 rings (SSSR count). The summed E-state index contributed by atoms with van der Waals surface area (Å²) in [5, 5.41) is 11.4. The summed E-state index contributed by atoms with van der Waals surface area (Å²) in [5.74, 6) is 0.0192. The molecule has 3 aromatic carbocycles. The summed E-state index contributed by atoms with van der Waals surface area (Å²) in [7, 11) is 0. The van der Waals surface area contributed by atoms with Crippen LogP contribution in [0.5, 0.6) is 5.75 Å². The Morgan fingerprint density at radius 3 is 2.47 bits per heavy atom. The Labute approximate surface area is 177 Å². The quantitative estimate of drug-likeness (QED) is 0.542. The second kappa shape index (κ2) is 9.59. The maximum absolute atomic E-state index is 11.1. The fourth-order valence-electron chi connectivity index (χ4n) is 4.00. The first-order chi connectivity index (χ1) is 14.7. The van der Waals surface area contributed by atoms with Crippen molar-refractivity contribution >= 4 is 22.8 Å². The number of aromatic carboxylic acids is 1. The number of nitrogens with zero attached hydrogens (tertiary/aromatic N) is 1. The standard InChI is InChI=1S/C26H27NO3/c28-26(29)23-12-10-20(11-13-23)18-21(19-27-15-3-4-16-27)14-17-30-25-9-5-7-22-6-1-2-8-24(22)25/h1-2,5-13,18H,3-4,14-17,19H2,(H,28,29)/b21-18-. The maximum atomic E-state index is 11.1. The Morgan fingerprint density at radius 2 is 1.70 bits per heavy atom. The van der Waals surface area contributed by atoms with E-state index in [9.17, 15) is 4.79 Å². The molecule has 3 aromatic rings. The van der Waals surface area contributed by atoms with Crippen LogP contribution in [0.15, 0.2) is 72.3 Å². The highest BCUT2D eigenvalue weighted by atomic mass is 16.5. The van der Waals surface area contributed by atoms with Gasteiger partial charge in [0.2, 0.25) is 0 Å². The number of carbonyl (C=O) groups is 1. The van der Waals surface area contributed by atoms with Crippen molar-refractivity contribution in [3.8, 4) is 5.75 Å². The van der Waals surface area contributed by atoms with Crippen molar-refractivity contribution in [1.29, 1.82) is 0 Å². The average molecular weight is 402 g/mol. The Kier molecular flexibility index (Phi) is 6.45. The van der Waals surface area contributed by atoms with Crippen molar-refractivity contribution in [2.45, 2.75) is 19.3 Å². The van der Waals surface area contributed by atoms with Gasteiger partial charge >= 0.3 is 5.97 Å². The Balaban J connectivity index is 1.47. The monoisotopic (exact) mass is 401 g/mol. The lowest BCUT2D eigenvalue weighted by Gasteiger charge is -2.18. The molecular formula is C26H27NO3. The van der Waals surface area contributed by atoms with Gasteiger partial charge in [-0.2, -0.15) is 0 Å². The number of hydrogen-bond donors (Lipinski definition) is 1. The predicted octanol–water partition coefficient (Wildman–Crippen LogP) is 5.49. The summed E-state index contributed by atoms with van der Waals surface area (Å²) < 4.78 is 6.17. The van der Waals surface area contributed by atoms with Gasteiger partial charge in [-0.15, -0.1) is 0 Å². The lowest BCUT2D eigenvalue weighted by molar-refractivity contribution is 0.0697. The first-order valence-corrected chi connectivity index (χ1v) is 10.5. The zero-order valence-electron chi connectivity index (χ0n) is 17.1. The molecule has 1 N–H and O–H groups in total. The van der Waals surface area contributed by atoms with E-state index in [0.29, 0.717) is 12.2 Å². The summed E-state index contributed by atoms with van der Waals surface area (Å²) in [4.78, 5) is 13.6. The van der Waals surface area contributed by atoms with E-state index < -0.39 is 5.97 Å². The highest BCUT2D eigenvalue weighted by Gasteiger charge is 2.13. The zero-order valence-corrected chi connectivity index (χ0v) is 17.1. The topological polar surface area (TPSA) is 49.8 Å². The van der Waals surface area contributed by atoms with Crippen LogP contribution < -0.4 is 4.74 Å². The first kappa shape index (κ1) is 20.2. The maximum Gasteiger partial charge on any atom is 0.335 e. The second-order valence-corrected chi connectivity index (χ2v) is 7.79. The molecule has 4 heteroatoms. The molecule has 0 aromatic heterocycles. The van der Waals surface area contributed by atoms with Crippen LogP contribution in [0.4, 0.5) is 0 Å². The van der Waals surface area contributed by atoms with Crippen LogP contribution in [-0.2, 0) is 0 Å². The molecule has 154 valence electrons. The van der Waals surface area contributed by atoms with Crippen LogP contribution >= 0.6 is 0 Å². The zero-order chi connectivity index (χ0) is 20.8. The van der Waals surface area contributed by atoms with Gasteiger partial charge in [0, 0.05) is 18.4 Å². The minimum atomic E-state index is -0.897. The van der Waals surface area contributed by atoms with Gasteiger partial charge in [0.25, 0.3) is 0 Å². The Morgan fingerprint density at radius 1 is 0.967 bits per heavy atom. The fourth-order valence-corrected chi connectivity index (χ4v) is 4.00. The number of carboxylic acids is 1. The summed E-state index contributed by atoms with van der Waals surface area (Å²) >= 11 is 0. The van der Waals surface area contributed by atoms with E-state index >= 15 is 0 Å². The van der Waals surface area contributed by atoms with E-state index in [1.807, 2.05) is 36.4 Å². The van der Waals surface area contributed by atoms with E-state index in [0.717, 1.165) is 42.8 Å². The molecule has 4 nitrogen and oxygen atoms in total. The SMILES string of the molecule is O=C(O)c1ccc(/C=C(/CCOc2cccc3ccccc23)CN2CCCC2)cc1. The van der Waals surface area contributed by atoms with Crippen molar-refractivity contribution < 1.29 is 14.6 Å². The Bertz CT molecular complexity index is 1030. The summed E-state index contributed by atoms with van der Waals surface area (Å²) in [6, 6.07) is 21.5. The van der Waals surface area contributed by atoms with E-state index in [1.54, 1.807) is 12.1 Å². The lowest BCUT2D eigenvalue weighted by Crippen LogP contribution is -2.22. The number of rotatable bonds is 8. The average Bonchev–Trinajstić information content (AvgIpc) is 3.27. The number of fused-ring (bicyclic) bond motifs is 1. The van der Waals surface area contributed by atoms with Crippen molar-refractivity contribution in [2.75, 3.05) is 26.2 Å². The molecule has 0 radical (unpaired) electrons. The molecule has 0 unspecified atom stereocenters. The third-order valence-corrected chi connectivity index (χ3v) is 5.58. The van der Waals surface area contributed by atoms with E-state index in [1.165, 1.54) is 23.8 Å². The third kappa shape index (κ3) is 5.08. The molecule has 0 atom stereocenters. The summed E-state index contributed by atoms with van der Waals surface area (Å²) in [6.07, 6.45) is 5.52. The second-order valence-electron chi connectivity index (χ2n) is 7.79. The van der Waals surface area contributed by atoms with Crippen molar-refractivity contribution in [2.24, 2.45) is 0 Å². The number of benzene rings is 3. The molecule has 0 saturated carbocycles. The fraction of sp³-hybridized carbons (Fsp3) is 0.269. The van der Waals surface area contributed by atoms with E-state index in [-0.39, 0.29) is 0 Å². The predicted molar refractivity (Wildman–Crippen MR) is 121 cm³/mol. The van der Waals surface area contributed by atoms with E-state index in [4.69, 9.17) is 9.84 Å². The molecule has 0 bridgehead atoms.